The van der Waals surface area contributed by atoms with Crippen LogP contribution in [-0.4, -0.2) is 35.4 Å². The number of carbonyl (C=O) groups is 1. The van der Waals surface area contributed by atoms with Gasteiger partial charge in [0, 0.05) is 18.8 Å². The van der Waals surface area contributed by atoms with E-state index in [0.29, 0.717) is 11.6 Å². The zero-order valence-electron chi connectivity index (χ0n) is 12.6. The smallest absolute Gasteiger partial charge is 0.320 e. The van der Waals surface area contributed by atoms with Crippen molar-refractivity contribution in [2.75, 3.05) is 18.5 Å². The van der Waals surface area contributed by atoms with Crippen LogP contribution < -0.4 is 15.4 Å². The van der Waals surface area contributed by atoms with Gasteiger partial charge in [0.1, 0.15) is 30.1 Å². The zero-order valence-corrected chi connectivity index (χ0v) is 12.6. The largest absolute Gasteiger partial charge is 0.491 e. The molecule has 2 aromatic rings. The molecule has 3 N–H and O–H groups in total. The van der Waals surface area contributed by atoms with Gasteiger partial charge in [0.15, 0.2) is 0 Å². The molecule has 0 fully saturated rings. The average molecular weight is 319 g/mol. The summed E-state index contributed by atoms with van der Waals surface area (Å²) in [4.78, 5) is 15.8. The number of amides is 2. The first-order chi connectivity index (χ1) is 11.0. The highest BCUT2D eigenvalue weighted by Crippen LogP contribution is 2.12. The van der Waals surface area contributed by atoms with Gasteiger partial charge in [-0.15, -0.1) is 0 Å². The Morgan fingerprint density at radius 2 is 2.22 bits per heavy atom. The highest BCUT2D eigenvalue weighted by atomic mass is 19.1. The molecule has 2 rings (SSSR count). The molecule has 0 saturated carbocycles. The van der Waals surface area contributed by atoms with Crippen molar-refractivity contribution in [2.24, 2.45) is 0 Å². The minimum Gasteiger partial charge on any atom is -0.491 e. The van der Waals surface area contributed by atoms with Gasteiger partial charge in [-0.3, -0.25) is 5.32 Å². The van der Waals surface area contributed by atoms with E-state index in [4.69, 9.17) is 4.74 Å². The van der Waals surface area contributed by atoms with Crippen LogP contribution in [0.3, 0.4) is 0 Å². The summed E-state index contributed by atoms with van der Waals surface area (Å²) in [5.41, 5.74) is 0.831. The van der Waals surface area contributed by atoms with Crippen molar-refractivity contribution in [1.29, 1.82) is 0 Å². The fourth-order valence-corrected chi connectivity index (χ4v) is 1.79. The van der Waals surface area contributed by atoms with Crippen LogP contribution in [-0.2, 0) is 0 Å². The lowest BCUT2D eigenvalue weighted by atomic mass is 10.3. The van der Waals surface area contributed by atoms with E-state index in [1.54, 1.807) is 18.3 Å². The van der Waals surface area contributed by atoms with Crippen LogP contribution in [0.25, 0.3) is 0 Å². The van der Waals surface area contributed by atoms with Crippen molar-refractivity contribution < 1.29 is 19.0 Å². The molecule has 0 aliphatic rings. The van der Waals surface area contributed by atoms with Gasteiger partial charge in [-0.2, -0.15) is 0 Å². The summed E-state index contributed by atoms with van der Waals surface area (Å²) in [6.07, 6.45) is 0.651. The molecule has 2 amide bonds. The minimum absolute atomic E-state index is 0.00691. The second kappa shape index (κ2) is 8.09. The van der Waals surface area contributed by atoms with Crippen LogP contribution in [0.2, 0.25) is 0 Å². The quantitative estimate of drug-likeness (QED) is 0.761. The van der Waals surface area contributed by atoms with Gasteiger partial charge in [0.25, 0.3) is 0 Å². The SMILES string of the molecule is Cc1cccnc1NC(=O)NC[C@@H](O)COc1cccc(F)c1. The molecule has 0 spiro atoms. The van der Waals surface area contributed by atoms with Crippen LogP contribution >= 0.6 is 0 Å². The molecule has 6 nitrogen and oxygen atoms in total. The number of anilines is 1. The number of nitrogens with one attached hydrogen (secondary N) is 2. The number of hydrogen-bond acceptors (Lipinski definition) is 4. The molecular formula is C16H18FN3O3. The van der Waals surface area contributed by atoms with Gasteiger partial charge in [-0.05, 0) is 30.7 Å². The van der Waals surface area contributed by atoms with Crippen LogP contribution in [0.1, 0.15) is 5.56 Å². The van der Waals surface area contributed by atoms with Gasteiger partial charge in [0.2, 0.25) is 0 Å². The maximum atomic E-state index is 13.0. The summed E-state index contributed by atoms with van der Waals surface area (Å²) in [5, 5.41) is 14.9. The lowest BCUT2D eigenvalue weighted by molar-refractivity contribution is 0.108. The van der Waals surface area contributed by atoms with E-state index in [0.717, 1.165) is 5.56 Å². The molecule has 0 radical (unpaired) electrons. The second-order valence-electron chi connectivity index (χ2n) is 4.93. The zero-order chi connectivity index (χ0) is 16.7. The number of pyridine rings is 1. The van der Waals surface area contributed by atoms with E-state index in [2.05, 4.69) is 15.6 Å². The van der Waals surface area contributed by atoms with E-state index in [9.17, 15) is 14.3 Å². The van der Waals surface area contributed by atoms with Crippen LogP contribution in [0, 0.1) is 12.7 Å². The molecule has 1 atom stereocenters. The summed E-state index contributed by atoms with van der Waals surface area (Å²) < 4.78 is 18.2. The summed E-state index contributed by atoms with van der Waals surface area (Å²) in [6.45, 7) is 1.75. The number of carbonyl (C=O) groups excluding carboxylic acids is 1. The Labute approximate surface area is 133 Å². The standard InChI is InChI=1S/C16H18FN3O3/c1-11-4-3-7-18-15(11)20-16(22)19-9-13(21)10-23-14-6-2-5-12(17)8-14/h2-8,13,21H,9-10H2,1H3,(H2,18,19,20,22)/t13-/m1/s1. The van der Waals surface area contributed by atoms with E-state index in [-0.39, 0.29) is 13.2 Å². The maximum Gasteiger partial charge on any atom is 0.320 e. The topological polar surface area (TPSA) is 83.5 Å². The van der Waals surface area contributed by atoms with Crippen LogP contribution in [0.5, 0.6) is 5.75 Å². The molecule has 1 aromatic carbocycles. The van der Waals surface area contributed by atoms with Gasteiger partial charge < -0.3 is 15.2 Å². The number of aliphatic hydroxyl groups excluding tert-OH is 1. The monoisotopic (exact) mass is 319 g/mol. The highest BCUT2D eigenvalue weighted by molar-refractivity contribution is 5.88. The Morgan fingerprint density at radius 1 is 1.39 bits per heavy atom. The highest BCUT2D eigenvalue weighted by Gasteiger charge is 2.09. The van der Waals surface area contributed by atoms with Crippen molar-refractivity contribution in [3.8, 4) is 5.75 Å². The molecule has 0 aliphatic carbocycles. The molecule has 1 heterocycles. The van der Waals surface area contributed by atoms with E-state index in [1.165, 1.54) is 18.2 Å². The fraction of sp³-hybridized carbons (Fsp3) is 0.250. The number of benzene rings is 1. The number of hydrogen-bond donors (Lipinski definition) is 3. The first-order valence-electron chi connectivity index (χ1n) is 7.07. The third kappa shape index (κ3) is 5.55. The summed E-state index contributed by atoms with van der Waals surface area (Å²) >= 11 is 0. The first kappa shape index (κ1) is 16.7. The average Bonchev–Trinajstić information content (AvgIpc) is 2.53. The molecule has 0 aliphatic heterocycles. The Balaban J connectivity index is 1.72. The van der Waals surface area contributed by atoms with Crippen molar-refractivity contribution in [2.45, 2.75) is 13.0 Å². The number of aromatic nitrogens is 1. The van der Waals surface area contributed by atoms with Gasteiger partial charge >= 0.3 is 6.03 Å². The van der Waals surface area contributed by atoms with E-state index in [1.807, 2.05) is 13.0 Å². The predicted molar refractivity (Wildman–Crippen MR) is 83.9 cm³/mol. The number of aliphatic hydroxyl groups is 1. The Morgan fingerprint density at radius 3 is 2.96 bits per heavy atom. The molecule has 23 heavy (non-hydrogen) atoms. The van der Waals surface area contributed by atoms with E-state index < -0.39 is 18.0 Å². The predicted octanol–water partition coefficient (Wildman–Crippen LogP) is 2.09. The molecule has 1 aromatic heterocycles. The Hall–Kier alpha value is -2.67. The number of halogens is 1. The number of ether oxygens (including phenoxy) is 1. The second-order valence-corrected chi connectivity index (χ2v) is 4.93. The molecule has 0 bridgehead atoms. The third-order valence-corrected chi connectivity index (χ3v) is 2.98. The number of rotatable bonds is 6. The molecular weight excluding hydrogens is 301 g/mol. The third-order valence-electron chi connectivity index (χ3n) is 2.98. The van der Waals surface area contributed by atoms with Crippen LogP contribution in [0.15, 0.2) is 42.6 Å². The van der Waals surface area contributed by atoms with Crippen molar-refractivity contribution >= 4 is 11.8 Å². The van der Waals surface area contributed by atoms with Crippen molar-refractivity contribution in [3.05, 3.63) is 54.0 Å². The van der Waals surface area contributed by atoms with Crippen LogP contribution in [0.4, 0.5) is 15.0 Å². The molecule has 122 valence electrons. The Kier molecular flexibility index (Phi) is 5.87. The molecule has 0 saturated heterocycles. The molecule has 7 heteroatoms. The number of urea groups is 1. The molecule has 0 unspecified atom stereocenters. The van der Waals surface area contributed by atoms with Gasteiger partial charge in [-0.25, -0.2) is 14.2 Å². The maximum absolute atomic E-state index is 13.0. The lowest BCUT2D eigenvalue weighted by Crippen LogP contribution is -2.38. The summed E-state index contributed by atoms with van der Waals surface area (Å²) in [7, 11) is 0. The van der Waals surface area contributed by atoms with E-state index >= 15 is 0 Å². The van der Waals surface area contributed by atoms with Gasteiger partial charge in [0.05, 0.1) is 0 Å². The number of nitrogens with zero attached hydrogens (tertiary/aromatic N) is 1. The first-order valence-corrected chi connectivity index (χ1v) is 7.07. The number of aryl methyl sites for hydroxylation is 1. The lowest BCUT2D eigenvalue weighted by Gasteiger charge is -2.14. The van der Waals surface area contributed by atoms with Gasteiger partial charge in [-0.1, -0.05) is 12.1 Å². The summed E-state index contributed by atoms with van der Waals surface area (Å²) in [6, 6.07) is 8.73. The van der Waals surface area contributed by atoms with Crippen molar-refractivity contribution in [3.63, 3.8) is 0 Å². The summed E-state index contributed by atoms with van der Waals surface area (Å²) in [5.74, 6) is 0.355. The normalized spacial score (nSPS) is 11.6. The fourth-order valence-electron chi connectivity index (χ4n) is 1.79. The minimum atomic E-state index is -0.922. The van der Waals surface area contributed by atoms with Crippen molar-refractivity contribution in [1.82, 2.24) is 10.3 Å². The Bertz CT molecular complexity index is 667.